The Kier molecular flexibility index (Phi) is 3.76. The number of benzene rings is 1. The number of amides is 2. The van der Waals surface area contributed by atoms with Gasteiger partial charge < -0.3 is 4.42 Å². The molecule has 1 aromatic carbocycles. The van der Waals surface area contributed by atoms with Crippen LogP contribution in [-0.2, 0) is 0 Å². The number of hydrogen-bond acceptors (Lipinski definition) is 4. The van der Waals surface area contributed by atoms with Crippen molar-refractivity contribution in [3.63, 3.8) is 0 Å². The molecule has 3 rings (SSSR count). The number of nitrogens with one attached hydrogen (secondary N) is 2. The number of aryl methyl sites for hydroxylation is 1. The topological polar surface area (TPSA) is 84.2 Å². The molecule has 7 heteroatoms. The molecule has 0 saturated carbocycles. The van der Waals surface area contributed by atoms with Gasteiger partial charge in [-0.3, -0.25) is 25.4 Å². The first-order valence-electron chi connectivity index (χ1n) is 6.77. The number of carbonyl (C=O) groups is 2. The van der Waals surface area contributed by atoms with Gasteiger partial charge in [0.25, 0.3) is 5.91 Å². The number of hydrazine groups is 1. The Bertz CT molecular complexity index is 890. The number of pyridine rings is 1. The molecule has 0 saturated heterocycles. The summed E-state index contributed by atoms with van der Waals surface area (Å²) in [7, 11) is 0. The number of fused-ring (bicyclic) bond motifs is 1. The number of hydrogen-bond donors (Lipinski definition) is 2. The molecule has 116 valence electrons. The maximum atomic E-state index is 13.7. The number of nitrogens with zero attached hydrogens (tertiary/aromatic N) is 1. The Morgan fingerprint density at radius 1 is 1.09 bits per heavy atom. The fraction of sp³-hybridized carbons (Fsp3) is 0.0625. The van der Waals surface area contributed by atoms with Crippen LogP contribution >= 0.6 is 0 Å². The normalized spacial score (nSPS) is 10.5. The first-order valence-corrected chi connectivity index (χ1v) is 6.77. The zero-order valence-electron chi connectivity index (χ0n) is 12.1. The quantitative estimate of drug-likeness (QED) is 0.711. The van der Waals surface area contributed by atoms with Gasteiger partial charge in [0.15, 0.2) is 17.2 Å². The molecule has 0 bridgehead atoms. The SMILES string of the molecule is Cc1c(C(=O)NNC(=O)c2ccccn2)oc2c(F)cccc12. The van der Waals surface area contributed by atoms with Crippen LogP contribution in [0.25, 0.3) is 11.0 Å². The summed E-state index contributed by atoms with van der Waals surface area (Å²) in [5.74, 6) is -1.87. The van der Waals surface area contributed by atoms with Crippen molar-refractivity contribution in [2.45, 2.75) is 6.92 Å². The second-order valence-corrected chi connectivity index (χ2v) is 4.80. The van der Waals surface area contributed by atoms with E-state index in [-0.39, 0.29) is 17.0 Å². The van der Waals surface area contributed by atoms with E-state index in [1.54, 1.807) is 25.1 Å². The van der Waals surface area contributed by atoms with Crippen molar-refractivity contribution < 1.29 is 18.4 Å². The Morgan fingerprint density at radius 3 is 2.57 bits per heavy atom. The number of para-hydroxylation sites is 1. The van der Waals surface area contributed by atoms with Gasteiger partial charge in [0.1, 0.15) is 5.69 Å². The minimum Gasteiger partial charge on any atom is -0.447 e. The van der Waals surface area contributed by atoms with Crippen LogP contribution in [0, 0.1) is 12.7 Å². The third-order valence-corrected chi connectivity index (χ3v) is 3.31. The molecule has 0 aliphatic heterocycles. The van der Waals surface area contributed by atoms with Crippen LogP contribution in [-0.4, -0.2) is 16.8 Å². The average Bonchev–Trinajstić information content (AvgIpc) is 2.92. The van der Waals surface area contributed by atoms with E-state index in [1.807, 2.05) is 0 Å². The first kappa shape index (κ1) is 14.7. The third-order valence-electron chi connectivity index (χ3n) is 3.31. The summed E-state index contributed by atoms with van der Waals surface area (Å²) < 4.78 is 19.0. The molecule has 0 atom stereocenters. The van der Waals surface area contributed by atoms with Crippen LogP contribution in [0.5, 0.6) is 0 Å². The van der Waals surface area contributed by atoms with E-state index >= 15 is 0 Å². The molecule has 0 aliphatic rings. The fourth-order valence-corrected chi connectivity index (χ4v) is 2.16. The molecule has 0 spiro atoms. The molecule has 3 aromatic rings. The summed E-state index contributed by atoms with van der Waals surface area (Å²) in [5, 5.41) is 0.506. The lowest BCUT2D eigenvalue weighted by Gasteiger charge is -2.05. The summed E-state index contributed by atoms with van der Waals surface area (Å²) in [4.78, 5) is 27.8. The van der Waals surface area contributed by atoms with E-state index in [0.717, 1.165) is 0 Å². The molecular weight excluding hydrogens is 301 g/mol. The van der Waals surface area contributed by atoms with Crippen molar-refractivity contribution in [2.75, 3.05) is 0 Å². The van der Waals surface area contributed by atoms with E-state index in [2.05, 4.69) is 15.8 Å². The van der Waals surface area contributed by atoms with Crippen LogP contribution in [0.1, 0.15) is 26.6 Å². The van der Waals surface area contributed by atoms with Gasteiger partial charge in [-0.15, -0.1) is 0 Å². The molecule has 6 nitrogen and oxygen atoms in total. The monoisotopic (exact) mass is 313 g/mol. The lowest BCUT2D eigenvalue weighted by molar-refractivity contribution is 0.0829. The van der Waals surface area contributed by atoms with Crippen molar-refractivity contribution in [1.82, 2.24) is 15.8 Å². The van der Waals surface area contributed by atoms with E-state index in [4.69, 9.17) is 4.42 Å². The highest BCUT2D eigenvalue weighted by Crippen LogP contribution is 2.26. The Balaban J connectivity index is 1.78. The summed E-state index contributed by atoms with van der Waals surface area (Å²) in [5.41, 5.74) is 5.10. The van der Waals surface area contributed by atoms with Gasteiger partial charge >= 0.3 is 5.91 Å². The van der Waals surface area contributed by atoms with Crippen LogP contribution in [0.15, 0.2) is 47.0 Å². The molecule has 2 aromatic heterocycles. The number of furan rings is 1. The standard InChI is InChI=1S/C16H12FN3O3/c1-9-10-5-4-6-11(17)14(10)23-13(9)16(22)20-19-15(21)12-7-2-3-8-18-12/h2-8H,1H3,(H,19,21)(H,20,22). The smallest absolute Gasteiger partial charge is 0.305 e. The average molecular weight is 313 g/mol. The molecule has 0 aliphatic carbocycles. The van der Waals surface area contributed by atoms with Gasteiger partial charge in [0.05, 0.1) is 0 Å². The number of rotatable bonds is 2. The van der Waals surface area contributed by atoms with Crippen LogP contribution in [0.2, 0.25) is 0 Å². The van der Waals surface area contributed by atoms with Gasteiger partial charge in [-0.25, -0.2) is 4.39 Å². The molecule has 23 heavy (non-hydrogen) atoms. The third kappa shape index (κ3) is 2.76. The second kappa shape index (κ2) is 5.88. The van der Waals surface area contributed by atoms with Crippen LogP contribution in [0.4, 0.5) is 4.39 Å². The first-order chi connectivity index (χ1) is 11.1. The maximum Gasteiger partial charge on any atom is 0.305 e. The van der Waals surface area contributed by atoms with Gasteiger partial charge in [-0.05, 0) is 25.1 Å². The minimum absolute atomic E-state index is 0.00574. The molecule has 0 radical (unpaired) electrons. The van der Waals surface area contributed by atoms with Crippen molar-refractivity contribution in [3.8, 4) is 0 Å². The highest BCUT2D eigenvalue weighted by Gasteiger charge is 2.20. The van der Waals surface area contributed by atoms with Crippen molar-refractivity contribution in [1.29, 1.82) is 0 Å². The predicted molar refractivity (Wildman–Crippen MR) is 80.1 cm³/mol. The highest BCUT2D eigenvalue weighted by atomic mass is 19.1. The van der Waals surface area contributed by atoms with Crippen molar-refractivity contribution in [3.05, 3.63) is 65.4 Å². The lowest BCUT2D eigenvalue weighted by Crippen LogP contribution is -2.42. The second-order valence-electron chi connectivity index (χ2n) is 4.80. The lowest BCUT2D eigenvalue weighted by atomic mass is 10.1. The summed E-state index contributed by atoms with van der Waals surface area (Å²) in [6, 6.07) is 9.25. The van der Waals surface area contributed by atoms with Gasteiger partial charge in [0, 0.05) is 17.1 Å². The van der Waals surface area contributed by atoms with E-state index in [0.29, 0.717) is 10.9 Å². The maximum absolute atomic E-state index is 13.7. The van der Waals surface area contributed by atoms with Crippen LogP contribution < -0.4 is 10.9 Å². The van der Waals surface area contributed by atoms with Crippen molar-refractivity contribution in [2.24, 2.45) is 0 Å². The molecule has 2 amide bonds. The Hall–Kier alpha value is -3.22. The van der Waals surface area contributed by atoms with E-state index in [1.165, 1.54) is 24.4 Å². The van der Waals surface area contributed by atoms with Crippen LogP contribution in [0.3, 0.4) is 0 Å². The number of aromatic nitrogens is 1. The van der Waals surface area contributed by atoms with E-state index in [9.17, 15) is 14.0 Å². The van der Waals surface area contributed by atoms with Gasteiger partial charge in [-0.1, -0.05) is 18.2 Å². The number of halogens is 1. The van der Waals surface area contributed by atoms with Gasteiger partial charge in [0.2, 0.25) is 0 Å². The summed E-state index contributed by atoms with van der Waals surface area (Å²) in [6.45, 7) is 1.64. The fourth-order valence-electron chi connectivity index (χ4n) is 2.16. The van der Waals surface area contributed by atoms with Gasteiger partial charge in [-0.2, -0.15) is 0 Å². The Morgan fingerprint density at radius 2 is 1.87 bits per heavy atom. The highest BCUT2D eigenvalue weighted by molar-refractivity contribution is 6.01. The Labute approximate surface area is 130 Å². The molecule has 0 unspecified atom stereocenters. The minimum atomic E-state index is -0.678. The molecule has 2 heterocycles. The predicted octanol–water partition coefficient (Wildman–Crippen LogP) is 2.35. The number of carbonyl (C=O) groups excluding carboxylic acids is 2. The molecular formula is C16H12FN3O3. The summed E-state index contributed by atoms with van der Waals surface area (Å²) in [6.07, 6.45) is 1.46. The zero-order valence-corrected chi connectivity index (χ0v) is 12.1. The zero-order chi connectivity index (χ0) is 16.4. The molecule has 2 N–H and O–H groups in total. The largest absolute Gasteiger partial charge is 0.447 e. The van der Waals surface area contributed by atoms with E-state index < -0.39 is 17.6 Å². The summed E-state index contributed by atoms with van der Waals surface area (Å²) >= 11 is 0. The molecule has 0 fully saturated rings. The van der Waals surface area contributed by atoms with Crippen molar-refractivity contribution >= 4 is 22.8 Å².